The summed E-state index contributed by atoms with van der Waals surface area (Å²) in [5, 5.41) is 12.4. The first kappa shape index (κ1) is 16.3. The van der Waals surface area contributed by atoms with Crippen molar-refractivity contribution in [2.24, 2.45) is 5.92 Å². The summed E-state index contributed by atoms with van der Waals surface area (Å²) in [4.78, 5) is 26.3. The van der Waals surface area contributed by atoms with Gasteiger partial charge in [0.15, 0.2) is 5.76 Å². The van der Waals surface area contributed by atoms with Crippen LogP contribution in [0, 0.1) is 5.92 Å². The number of likely N-dealkylation sites (tertiary alicyclic amines) is 1. The van der Waals surface area contributed by atoms with Gasteiger partial charge in [0.2, 0.25) is 0 Å². The lowest BCUT2D eigenvalue weighted by molar-refractivity contribution is 0.0762. The van der Waals surface area contributed by atoms with Gasteiger partial charge in [-0.25, -0.2) is 0 Å². The second-order valence-corrected chi connectivity index (χ2v) is 6.05. The van der Waals surface area contributed by atoms with Crippen molar-refractivity contribution in [2.45, 2.75) is 19.4 Å². The van der Waals surface area contributed by atoms with Crippen LogP contribution in [0.5, 0.6) is 0 Å². The molecule has 1 aromatic carbocycles. The standard InChI is InChI=1S/C18H20N2O4/c1-12(21)14-7-8-20(11-14)18(23)13-4-2-5-15(10-13)19-17(22)16-6-3-9-24-16/h2-6,9-10,12,14,21H,7-8,11H2,1H3,(H,19,22). The molecule has 24 heavy (non-hydrogen) atoms. The zero-order chi connectivity index (χ0) is 17.1. The number of nitrogens with one attached hydrogen (secondary N) is 1. The van der Waals surface area contributed by atoms with Gasteiger partial charge in [0.05, 0.1) is 12.4 Å². The highest BCUT2D eigenvalue weighted by molar-refractivity contribution is 6.03. The third-order valence-corrected chi connectivity index (χ3v) is 4.31. The van der Waals surface area contributed by atoms with E-state index in [4.69, 9.17) is 4.42 Å². The van der Waals surface area contributed by atoms with E-state index in [2.05, 4.69) is 5.32 Å². The second kappa shape index (κ2) is 6.88. The lowest BCUT2D eigenvalue weighted by Gasteiger charge is -2.18. The van der Waals surface area contributed by atoms with Crippen LogP contribution in [0.2, 0.25) is 0 Å². The first-order valence-electron chi connectivity index (χ1n) is 7.97. The van der Waals surface area contributed by atoms with Crippen molar-refractivity contribution < 1.29 is 19.1 Å². The fourth-order valence-corrected chi connectivity index (χ4v) is 2.88. The van der Waals surface area contributed by atoms with Gasteiger partial charge in [-0.3, -0.25) is 9.59 Å². The van der Waals surface area contributed by atoms with Crippen LogP contribution in [0.4, 0.5) is 5.69 Å². The Morgan fingerprint density at radius 1 is 1.33 bits per heavy atom. The topological polar surface area (TPSA) is 82.8 Å². The third kappa shape index (κ3) is 3.49. The zero-order valence-electron chi connectivity index (χ0n) is 13.4. The van der Waals surface area contributed by atoms with Crippen molar-refractivity contribution in [3.8, 4) is 0 Å². The molecule has 2 atom stereocenters. The summed E-state index contributed by atoms with van der Waals surface area (Å²) in [7, 11) is 0. The number of hydrogen-bond donors (Lipinski definition) is 2. The number of aliphatic hydroxyl groups excluding tert-OH is 1. The van der Waals surface area contributed by atoms with Gasteiger partial charge >= 0.3 is 0 Å². The summed E-state index contributed by atoms with van der Waals surface area (Å²) in [6.45, 7) is 2.94. The van der Waals surface area contributed by atoms with E-state index in [-0.39, 0.29) is 23.5 Å². The molecule has 0 saturated carbocycles. The van der Waals surface area contributed by atoms with Crippen LogP contribution < -0.4 is 5.32 Å². The normalized spacial score (nSPS) is 18.4. The molecule has 1 fully saturated rings. The molecule has 2 N–H and O–H groups in total. The van der Waals surface area contributed by atoms with Crippen LogP contribution in [-0.4, -0.2) is 41.0 Å². The maximum absolute atomic E-state index is 12.6. The van der Waals surface area contributed by atoms with Crippen LogP contribution in [0.3, 0.4) is 0 Å². The Hall–Kier alpha value is -2.60. The van der Waals surface area contributed by atoms with E-state index >= 15 is 0 Å². The molecule has 2 aromatic rings. The summed E-state index contributed by atoms with van der Waals surface area (Å²) in [5.41, 5.74) is 1.05. The number of furan rings is 1. The molecule has 1 aliphatic rings. The Kier molecular flexibility index (Phi) is 4.66. The largest absolute Gasteiger partial charge is 0.459 e. The van der Waals surface area contributed by atoms with Gasteiger partial charge < -0.3 is 19.7 Å². The molecule has 1 aliphatic heterocycles. The Morgan fingerprint density at radius 2 is 2.17 bits per heavy atom. The highest BCUT2D eigenvalue weighted by Crippen LogP contribution is 2.22. The highest BCUT2D eigenvalue weighted by Gasteiger charge is 2.29. The van der Waals surface area contributed by atoms with Crippen LogP contribution in [0.1, 0.15) is 34.3 Å². The number of hydrogen-bond acceptors (Lipinski definition) is 4. The minimum Gasteiger partial charge on any atom is -0.459 e. The van der Waals surface area contributed by atoms with Gasteiger partial charge in [-0.15, -0.1) is 0 Å². The van der Waals surface area contributed by atoms with Crippen molar-refractivity contribution in [2.75, 3.05) is 18.4 Å². The smallest absolute Gasteiger partial charge is 0.291 e. The maximum Gasteiger partial charge on any atom is 0.291 e. The molecule has 0 bridgehead atoms. The number of anilines is 1. The minimum absolute atomic E-state index is 0.0905. The summed E-state index contributed by atoms with van der Waals surface area (Å²) < 4.78 is 5.05. The van der Waals surface area contributed by atoms with E-state index in [1.165, 1.54) is 6.26 Å². The van der Waals surface area contributed by atoms with Gasteiger partial charge in [0.1, 0.15) is 0 Å². The average Bonchev–Trinajstić information content (AvgIpc) is 3.26. The fourth-order valence-electron chi connectivity index (χ4n) is 2.88. The van der Waals surface area contributed by atoms with Crippen LogP contribution in [-0.2, 0) is 0 Å². The number of rotatable bonds is 4. The molecule has 2 unspecified atom stereocenters. The molecule has 3 rings (SSSR count). The third-order valence-electron chi connectivity index (χ3n) is 4.31. The van der Waals surface area contributed by atoms with E-state index in [0.29, 0.717) is 24.3 Å². The monoisotopic (exact) mass is 328 g/mol. The maximum atomic E-state index is 12.6. The fraction of sp³-hybridized carbons (Fsp3) is 0.333. The Balaban J connectivity index is 1.69. The molecule has 2 amide bonds. The molecule has 1 aromatic heterocycles. The van der Waals surface area contributed by atoms with Gasteiger partial charge in [-0.1, -0.05) is 6.07 Å². The minimum atomic E-state index is -0.415. The first-order valence-corrected chi connectivity index (χ1v) is 7.97. The van der Waals surface area contributed by atoms with E-state index in [0.717, 1.165) is 6.42 Å². The molecule has 6 nitrogen and oxygen atoms in total. The predicted molar refractivity (Wildman–Crippen MR) is 88.8 cm³/mol. The predicted octanol–water partition coefficient (Wildman–Crippen LogP) is 2.37. The number of nitrogens with zero attached hydrogens (tertiary/aromatic N) is 1. The van der Waals surface area contributed by atoms with E-state index in [1.54, 1.807) is 48.2 Å². The lowest BCUT2D eigenvalue weighted by atomic mass is 10.0. The molecule has 0 radical (unpaired) electrons. The molecular weight excluding hydrogens is 308 g/mol. The van der Waals surface area contributed by atoms with Gasteiger partial charge in [0.25, 0.3) is 11.8 Å². The van der Waals surface area contributed by atoms with Crippen LogP contribution in [0.15, 0.2) is 47.1 Å². The Labute approximate surface area is 140 Å². The van der Waals surface area contributed by atoms with Gasteiger partial charge in [0, 0.05) is 30.3 Å². The number of carbonyl (C=O) groups excluding carboxylic acids is 2. The van der Waals surface area contributed by atoms with Crippen molar-refractivity contribution in [3.63, 3.8) is 0 Å². The molecule has 2 heterocycles. The van der Waals surface area contributed by atoms with Crippen molar-refractivity contribution >= 4 is 17.5 Å². The van der Waals surface area contributed by atoms with Crippen molar-refractivity contribution in [1.82, 2.24) is 4.90 Å². The number of aliphatic hydroxyl groups is 1. The van der Waals surface area contributed by atoms with Crippen molar-refractivity contribution in [1.29, 1.82) is 0 Å². The van der Waals surface area contributed by atoms with Gasteiger partial charge in [-0.2, -0.15) is 0 Å². The first-order chi connectivity index (χ1) is 11.5. The van der Waals surface area contributed by atoms with Crippen molar-refractivity contribution in [3.05, 3.63) is 54.0 Å². The van der Waals surface area contributed by atoms with E-state index in [9.17, 15) is 14.7 Å². The second-order valence-electron chi connectivity index (χ2n) is 6.05. The molecule has 1 saturated heterocycles. The number of carbonyl (C=O) groups is 2. The number of benzene rings is 1. The quantitative estimate of drug-likeness (QED) is 0.903. The molecule has 6 heteroatoms. The summed E-state index contributed by atoms with van der Waals surface area (Å²) in [5.74, 6) is -0.117. The zero-order valence-corrected chi connectivity index (χ0v) is 13.4. The molecule has 126 valence electrons. The van der Waals surface area contributed by atoms with E-state index in [1.807, 2.05) is 0 Å². The van der Waals surface area contributed by atoms with Gasteiger partial charge in [-0.05, 0) is 43.7 Å². The summed E-state index contributed by atoms with van der Waals surface area (Å²) in [6.07, 6.45) is 1.82. The Morgan fingerprint density at radius 3 is 2.83 bits per heavy atom. The SMILES string of the molecule is CC(O)C1CCN(C(=O)c2cccc(NC(=O)c3ccco3)c2)C1. The molecule has 0 aliphatic carbocycles. The highest BCUT2D eigenvalue weighted by atomic mass is 16.3. The van der Waals surface area contributed by atoms with Crippen LogP contribution >= 0.6 is 0 Å². The lowest BCUT2D eigenvalue weighted by Crippen LogP contribution is -2.30. The summed E-state index contributed by atoms with van der Waals surface area (Å²) in [6, 6.07) is 10.0. The van der Waals surface area contributed by atoms with E-state index < -0.39 is 6.10 Å². The Bertz CT molecular complexity index is 724. The average molecular weight is 328 g/mol. The van der Waals surface area contributed by atoms with Crippen LogP contribution in [0.25, 0.3) is 0 Å². The summed E-state index contributed by atoms with van der Waals surface area (Å²) >= 11 is 0. The molecule has 0 spiro atoms. The molecular formula is C18H20N2O4. The number of amides is 2.